The number of rotatable bonds is 5. The van der Waals surface area contributed by atoms with Crippen molar-refractivity contribution in [1.82, 2.24) is 20.4 Å². The van der Waals surface area contributed by atoms with Gasteiger partial charge < -0.3 is 10.6 Å². The van der Waals surface area contributed by atoms with E-state index in [0.717, 1.165) is 39.0 Å². The number of hydrogen-bond acceptors (Lipinski definition) is 3. The van der Waals surface area contributed by atoms with Crippen molar-refractivity contribution in [2.75, 3.05) is 13.1 Å². The van der Waals surface area contributed by atoms with E-state index in [1.54, 1.807) is 0 Å². The summed E-state index contributed by atoms with van der Waals surface area (Å²) in [6.07, 6.45) is 6.11. The van der Waals surface area contributed by atoms with Gasteiger partial charge in [-0.25, -0.2) is 0 Å². The number of nitrogens with zero attached hydrogens (tertiary/aromatic N) is 2. The molecular formula is C16H22N4. The van der Waals surface area contributed by atoms with Crippen molar-refractivity contribution in [1.29, 1.82) is 0 Å². The minimum Gasteiger partial charge on any atom is -0.313 e. The predicted molar refractivity (Wildman–Crippen MR) is 80.4 cm³/mol. The summed E-state index contributed by atoms with van der Waals surface area (Å²) in [5.41, 5.74) is 2.88. The SMILES string of the molecule is c1ccc2c(c1)CNCCC2NCCCn1cccn1. The average molecular weight is 270 g/mol. The molecule has 0 bridgehead atoms. The standard InChI is InChI=1S/C16H22N4/c1-2-6-15-14(5-1)13-17-10-7-16(15)18-8-3-11-20-12-4-9-19-20/h1-2,4-6,9,12,16-18H,3,7-8,10-11,13H2. The van der Waals surface area contributed by atoms with Crippen LogP contribution >= 0.6 is 0 Å². The van der Waals surface area contributed by atoms with Gasteiger partial charge in [-0.05, 0) is 43.1 Å². The lowest BCUT2D eigenvalue weighted by molar-refractivity contribution is 0.467. The van der Waals surface area contributed by atoms with Crippen LogP contribution in [0, 0.1) is 0 Å². The van der Waals surface area contributed by atoms with Crippen LogP contribution in [-0.2, 0) is 13.1 Å². The average Bonchev–Trinajstić information content (AvgIpc) is 2.91. The summed E-state index contributed by atoms with van der Waals surface area (Å²) >= 11 is 0. The van der Waals surface area contributed by atoms with E-state index >= 15 is 0 Å². The maximum atomic E-state index is 4.23. The largest absolute Gasteiger partial charge is 0.313 e. The molecule has 0 radical (unpaired) electrons. The Hall–Kier alpha value is -1.65. The molecule has 2 N–H and O–H groups in total. The van der Waals surface area contributed by atoms with Crippen LogP contribution in [0.2, 0.25) is 0 Å². The van der Waals surface area contributed by atoms with Crippen LogP contribution in [0.4, 0.5) is 0 Å². The van der Waals surface area contributed by atoms with Crippen LogP contribution in [0.25, 0.3) is 0 Å². The van der Waals surface area contributed by atoms with Crippen LogP contribution in [0.3, 0.4) is 0 Å². The molecule has 0 fully saturated rings. The molecule has 1 unspecified atom stereocenters. The Morgan fingerprint density at radius 2 is 2.25 bits per heavy atom. The fourth-order valence-electron chi connectivity index (χ4n) is 2.82. The first-order valence-corrected chi connectivity index (χ1v) is 7.43. The maximum absolute atomic E-state index is 4.23. The Morgan fingerprint density at radius 1 is 1.30 bits per heavy atom. The second-order valence-electron chi connectivity index (χ2n) is 5.29. The zero-order chi connectivity index (χ0) is 13.6. The number of aryl methyl sites for hydroxylation is 1. The molecule has 0 saturated carbocycles. The molecule has 0 amide bonds. The van der Waals surface area contributed by atoms with E-state index in [-0.39, 0.29) is 0 Å². The zero-order valence-corrected chi connectivity index (χ0v) is 11.8. The third kappa shape index (κ3) is 3.26. The summed E-state index contributed by atoms with van der Waals surface area (Å²) < 4.78 is 1.99. The molecule has 2 heterocycles. The van der Waals surface area contributed by atoms with E-state index in [0.29, 0.717) is 6.04 Å². The lowest BCUT2D eigenvalue weighted by atomic mass is 9.99. The van der Waals surface area contributed by atoms with Gasteiger partial charge in [-0.3, -0.25) is 4.68 Å². The molecule has 1 atom stereocenters. The molecule has 1 aliphatic heterocycles. The molecule has 1 aromatic heterocycles. The number of benzene rings is 1. The molecule has 4 heteroatoms. The molecule has 1 aliphatic rings. The summed E-state index contributed by atoms with van der Waals surface area (Å²) in [5.74, 6) is 0. The fraction of sp³-hybridized carbons (Fsp3) is 0.438. The maximum Gasteiger partial charge on any atom is 0.0489 e. The lowest BCUT2D eigenvalue weighted by Crippen LogP contribution is -2.25. The van der Waals surface area contributed by atoms with E-state index in [1.165, 1.54) is 11.1 Å². The van der Waals surface area contributed by atoms with Crippen LogP contribution in [-0.4, -0.2) is 22.9 Å². The van der Waals surface area contributed by atoms with E-state index in [2.05, 4.69) is 40.0 Å². The highest BCUT2D eigenvalue weighted by Crippen LogP contribution is 2.23. The fourth-order valence-corrected chi connectivity index (χ4v) is 2.82. The van der Waals surface area contributed by atoms with Crippen molar-refractivity contribution < 1.29 is 0 Å². The Bertz CT molecular complexity index is 521. The van der Waals surface area contributed by atoms with Crippen LogP contribution in [0.15, 0.2) is 42.7 Å². The van der Waals surface area contributed by atoms with Gasteiger partial charge in [-0.2, -0.15) is 5.10 Å². The van der Waals surface area contributed by atoms with Crippen molar-refractivity contribution in [3.8, 4) is 0 Å². The topological polar surface area (TPSA) is 41.9 Å². The third-order valence-corrected chi connectivity index (χ3v) is 3.87. The Labute approximate surface area is 120 Å². The molecule has 0 spiro atoms. The first kappa shape index (κ1) is 13.3. The zero-order valence-electron chi connectivity index (χ0n) is 11.8. The molecule has 3 rings (SSSR count). The quantitative estimate of drug-likeness (QED) is 0.818. The second kappa shape index (κ2) is 6.68. The number of aromatic nitrogens is 2. The summed E-state index contributed by atoms with van der Waals surface area (Å²) in [6.45, 7) is 4.07. The Kier molecular flexibility index (Phi) is 4.46. The first-order valence-electron chi connectivity index (χ1n) is 7.43. The number of hydrogen-bond donors (Lipinski definition) is 2. The summed E-state index contributed by atoms with van der Waals surface area (Å²) in [6, 6.07) is 11.2. The molecule has 1 aromatic carbocycles. The van der Waals surface area contributed by atoms with E-state index in [4.69, 9.17) is 0 Å². The minimum absolute atomic E-state index is 0.471. The van der Waals surface area contributed by atoms with Gasteiger partial charge in [0.1, 0.15) is 0 Å². The van der Waals surface area contributed by atoms with Gasteiger partial charge in [-0.1, -0.05) is 24.3 Å². The summed E-state index contributed by atoms with van der Waals surface area (Å²) in [5, 5.41) is 11.4. The third-order valence-electron chi connectivity index (χ3n) is 3.87. The van der Waals surface area contributed by atoms with Crippen molar-refractivity contribution in [3.63, 3.8) is 0 Å². The number of nitrogens with one attached hydrogen (secondary N) is 2. The van der Waals surface area contributed by atoms with Gasteiger partial charge in [0, 0.05) is 31.5 Å². The summed E-state index contributed by atoms with van der Waals surface area (Å²) in [7, 11) is 0. The molecular weight excluding hydrogens is 248 g/mol. The van der Waals surface area contributed by atoms with Gasteiger partial charge in [0.05, 0.1) is 0 Å². The predicted octanol–water partition coefficient (Wildman–Crippen LogP) is 2.10. The molecule has 2 aromatic rings. The molecule has 0 saturated heterocycles. The Morgan fingerprint density at radius 3 is 3.15 bits per heavy atom. The van der Waals surface area contributed by atoms with Crippen LogP contribution < -0.4 is 10.6 Å². The van der Waals surface area contributed by atoms with E-state index in [9.17, 15) is 0 Å². The Balaban J connectivity index is 1.54. The highest BCUT2D eigenvalue weighted by Gasteiger charge is 2.16. The normalized spacial score (nSPS) is 18.5. The van der Waals surface area contributed by atoms with Gasteiger partial charge in [0.2, 0.25) is 0 Å². The van der Waals surface area contributed by atoms with Crippen LogP contribution in [0.1, 0.15) is 30.0 Å². The molecule has 20 heavy (non-hydrogen) atoms. The van der Waals surface area contributed by atoms with Gasteiger partial charge in [-0.15, -0.1) is 0 Å². The van der Waals surface area contributed by atoms with E-state index < -0.39 is 0 Å². The minimum atomic E-state index is 0.471. The number of fused-ring (bicyclic) bond motifs is 1. The lowest BCUT2D eigenvalue weighted by Gasteiger charge is -2.19. The van der Waals surface area contributed by atoms with Crippen LogP contribution in [0.5, 0.6) is 0 Å². The van der Waals surface area contributed by atoms with Gasteiger partial charge >= 0.3 is 0 Å². The summed E-state index contributed by atoms with van der Waals surface area (Å²) in [4.78, 5) is 0. The second-order valence-corrected chi connectivity index (χ2v) is 5.29. The smallest absolute Gasteiger partial charge is 0.0489 e. The highest BCUT2D eigenvalue weighted by molar-refractivity contribution is 5.30. The van der Waals surface area contributed by atoms with Crippen molar-refractivity contribution >= 4 is 0 Å². The molecule has 106 valence electrons. The highest BCUT2D eigenvalue weighted by atomic mass is 15.3. The molecule has 4 nitrogen and oxygen atoms in total. The monoisotopic (exact) mass is 270 g/mol. The first-order chi connectivity index (χ1) is 9.93. The van der Waals surface area contributed by atoms with Crippen molar-refractivity contribution in [3.05, 3.63) is 53.9 Å². The van der Waals surface area contributed by atoms with Gasteiger partial charge in [0.15, 0.2) is 0 Å². The van der Waals surface area contributed by atoms with E-state index in [1.807, 2.05) is 23.1 Å². The van der Waals surface area contributed by atoms with Gasteiger partial charge in [0.25, 0.3) is 0 Å². The van der Waals surface area contributed by atoms with Crippen molar-refractivity contribution in [2.45, 2.75) is 32.0 Å². The van der Waals surface area contributed by atoms with Crippen molar-refractivity contribution in [2.24, 2.45) is 0 Å². The molecule has 0 aliphatic carbocycles.